The van der Waals surface area contributed by atoms with Crippen molar-refractivity contribution in [2.75, 3.05) is 16.8 Å². The average molecular weight is 474 g/mol. The lowest BCUT2D eigenvalue weighted by Gasteiger charge is -2.17. The molecule has 3 heterocycles. The number of ether oxygens (including phenoxy) is 1. The first kappa shape index (κ1) is 23.5. The molecular weight excluding hydrogens is 446 g/mol. The Balaban J connectivity index is 1.46. The van der Waals surface area contributed by atoms with E-state index in [1.807, 2.05) is 31.2 Å². The maximum Gasteiger partial charge on any atom is 0.320 e. The number of hydrogen-bond donors (Lipinski definition) is 5. The van der Waals surface area contributed by atoms with Crippen LogP contribution in [-0.4, -0.2) is 71.7 Å². The number of pyridine rings is 1. The molecule has 0 aliphatic carbocycles. The van der Waals surface area contributed by atoms with Crippen molar-refractivity contribution >= 4 is 40.3 Å². The Hall–Kier alpha value is -2.70. The number of carboxylic acids is 1. The van der Waals surface area contributed by atoms with Crippen LogP contribution in [0, 0.1) is 6.92 Å². The molecule has 0 spiro atoms. The molecule has 1 aliphatic heterocycles. The summed E-state index contributed by atoms with van der Waals surface area (Å²) in [5.74, 6) is 0.442. The molecule has 10 nitrogen and oxygen atoms in total. The number of hydrogen-bond acceptors (Lipinski definition) is 9. The van der Waals surface area contributed by atoms with Crippen LogP contribution in [0.3, 0.4) is 0 Å². The number of carboxylic acid groups (broad SMARTS) is 1. The molecule has 33 heavy (non-hydrogen) atoms. The van der Waals surface area contributed by atoms with E-state index in [0.29, 0.717) is 34.8 Å². The van der Waals surface area contributed by atoms with Gasteiger partial charge in [-0.2, -0.15) is 11.8 Å². The number of aliphatic carboxylic acids is 1. The third kappa shape index (κ3) is 5.12. The number of aryl methyl sites for hydroxylation is 1. The van der Waals surface area contributed by atoms with Gasteiger partial charge in [-0.15, -0.1) is 0 Å². The van der Waals surface area contributed by atoms with Crippen molar-refractivity contribution in [1.82, 2.24) is 14.5 Å². The largest absolute Gasteiger partial charge is 0.480 e. The zero-order valence-corrected chi connectivity index (χ0v) is 18.9. The molecule has 5 atom stereocenters. The number of benzene rings is 1. The van der Waals surface area contributed by atoms with Crippen LogP contribution in [0.5, 0.6) is 0 Å². The van der Waals surface area contributed by atoms with Crippen LogP contribution < -0.4 is 11.1 Å². The van der Waals surface area contributed by atoms with Crippen LogP contribution in [0.2, 0.25) is 0 Å². The van der Waals surface area contributed by atoms with Gasteiger partial charge in [-0.05, 0) is 42.9 Å². The fourth-order valence-corrected chi connectivity index (χ4v) is 4.84. The summed E-state index contributed by atoms with van der Waals surface area (Å²) in [6.45, 7) is 2.01. The highest BCUT2D eigenvalue weighted by Crippen LogP contribution is 2.34. The Kier molecular flexibility index (Phi) is 7.15. The zero-order chi connectivity index (χ0) is 23.5. The van der Waals surface area contributed by atoms with Crippen LogP contribution in [-0.2, 0) is 9.53 Å². The molecule has 0 amide bonds. The number of aliphatic hydroxyl groups excluding tert-OH is 2. The summed E-state index contributed by atoms with van der Waals surface area (Å²) in [6, 6.07) is 8.77. The molecule has 4 rings (SSSR count). The van der Waals surface area contributed by atoms with Gasteiger partial charge >= 0.3 is 5.97 Å². The van der Waals surface area contributed by atoms with Gasteiger partial charge < -0.3 is 35.7 Å². The number of anilines is 2. The second-order valence-electron chi connectivity index (χ2n) is 8.03. The summed E-state index contributed by atoms with van der Waals surface area (Å²) >= 11 is 1.43. The molecule has 11 heteroatoms. The monoisotopic (exact) mass is 473 g/mol. The first-order valence-corrected chi connectivity index (χ1v) is 11.7. The molecule has 176 valence electrons. The van der Waals surface area contributed by atoms with E-state index < -0.39 is 36.6 Å². The first-order valence-electron chi connectivity index (χ1n) is 10.6. The van der Waals surface area contributed by atoms with E-state index in [9.17, 15) is 15.0 Å². The predicted octanol–water partition coefficient (Wildman–Crippen LogP) is 1.64. The summed E-state index contributed by atoms with van der Waals surface area (Å²) in [7, 11) is 0. The second kappa shape index (κ2) is 10.1. The Labute approximate surface area is 194 Å². The van der Waals surface area contributed by atoms with E-state index in [0.717, 1.165) is 11.3 Å². The molecular formula is C22H27N5O5S. The van der Waals surface area contributed by atoms with Crippen LogP contribution in [0.1, 0.15) is 18.2 Å². The summed E-state index contributed by atoms with van der Waals surface area (Å²) in [5, 5.41) is 33.3. The number of rotatable bonds is 9. The van der Waals surface area contributed by atoms with Crippen molar-refractivity contribution in [3.63, 3.8) is 0 Å². The summed E-state index contributed by atoms with van der Waals surface area (Å²) < 4.78 is 7.67. The normalized spacial score (nSPS) is 23.6. The van der Waals surface area contributed by atoms with Gasteiger partial charge in [-0.3, -0.25) is 4.79 Å². The molecule has 0 radical (unpaired) electrons. The van der Waals surface area contributed by atoms with Crippen LogP contribution in [0.4, 0.5) is 11.5 Å². The van der Waals surface area contributed by atoms with E-state index in [4.69, 9.17) is 15.6 Å². The van der Waals surface area contributed by atoms with E-state index >= 15 is 0 Å². The molecule has 1 fully saturated rings. The number of nitrogens with zero attached hydrogens (tertiary/aromatic N) is 3. The van der Waals surface area contributed by atoms with Crippen molar-refractivity contribution in [3.05, 3.63) is 48.4 Å². The van der Waals surface area contributed by atoms with Gasteiger partial charge in [0.25, 0.3) is 0 Å². The highest BCUT2D eigenvalue weighted by atomic mass is 32.2. The summed E-state index contributed by atoms with van der Waals surface area (Å²) in [6.07, 6.45) is -0.127. The number of fused-ring (bicyclic) bond motifs is 1. The van der Waals surface area contributed by atoms with Crippen molar-refractivity contribution in [2.45, 2.75) is 43.9 Å². The predicted molar refractivity (Wildman–Crippen MR) is 125 cm³/mol. The highest BCUT2D eigenvalue weighted by molar-refractivity contribution is 7.99. The number of imidazole rings is 1. The lowest BCUT2D eigenvalue weighted by atomic mass is 10.1. The zero-order valence-electron chi connectivity index (χ0n) is 18.0. The SMILES string of the molecule is Cc1cccc(Nc2nccc3c2ncn3C2OC(CSCCC(N)C(=O)O)C(O)C2O)c1. The Bertz CT molecular complexity index is 1130. The molecule has 1 aliphatic rings. The number of thioether (sulfide) groups is 1. The standard InChI is InChI=1S/C22H27N5O5S/c1-12-3-2-4-13(9-12)26-20-17-15(5-7-24-20)27(11-25-17)21-19(29)18(28)16(32-21)10-33-8-6-14(23)22(30)31/h2-5,7,9,11,14,16,18-19,21,28-29H,6,8,10,23H2,1H3,(H,24,26)(H,30,31). The number of carbonyl (C=O) groups is 1. The molecule has 1 saturated heterocycles. The minimum Gasteiger partial charge on any atom is -0.480 e. The number of nitrogens with two attached hydrogens (primary N) is 1. The van der Waals surface area contributed by atoms with Gasteiger partial charge in [-0.25, -0.2) is 9.97 Å². The maximum atomic E-state index is 10.8. The third-order valence-corrected chi connectivity index (χ3v) is 6.65. The lowest BCUT2D eigenvalue weighted by molar-refractivity contribution is -0.138. The fraction of sp³-hybridized carbons (Fsp3) is 0.409. The Morgan fingerprint density at radius 2 is 2.12 bits per heavy atom. The van der Waals surface area contributed by atoms with Crippen LogP contribution >= 0.6 is 11.8 Å². The average Bonchev–Trinajstić information content (AvgIpc) is 3.33. The minimum atomic E-state index is -1.14. The number of aliphatic hydroxyl groups is 2. The van der Waals surface area contributed by atoms with Gasteiger partial charge in [0.05, 0.1) is 17.9 Å². The molecule has 1 aromatic carbocycles. The van der Waals surface area contributed by atoms with Gasteiger partial charge in [0.2, 0.25) is 0 Å². The third-order valence-electron chi connectivity index (χ3n) is 5.56. The molecule has 6 N–H and O–H groups in total. The Morgan fingerprint density at radius 1 is 1.30 bits per heavy atom. The van der Waals surface area contributed by atoms with Crippen molar-refractivity contribution in [1.29, 1.82) is 0 Å². The van der Waals surface area contributed by atoms with Crippen LogP contribution in [0.25, 0.3) is 11.0 Å². The van der Waals surface area contributed by atoms with E-state index in [1.165, 1.54) is 11.8 Å². The van der Waals surface area contributed by atoms with E-state index in [-0.39, 0.29) is 0 Å². The Morgan fingerprint density at radius 3 is 2.88 bits per heavy atom. The molecule has 0 saturated carbocycles. The summed E-state index contributed by atoms with van der Waals surface area (Å²) in [4.78, 5) is 19.7. The van der Waals surface area contributed by atoms with E-state index in [1.54, 1.807) is 23.2 Å². The van der Waals surface area contributed by atoms with Gasteiger partial charge in [0.15, 0.2) is 12.0 Å². The van der Waals surface area contributed by atoms with Crippen LogP contribution in [0.15, 0.2) is 42.9 Å². The molecule has 5 unspecified atom stereocenters. The van der Waals surface area contributed by atoms with Crippen molar-refractivity contribution in [2.24, 2.45) is 5.73 Å². The summed E-state index contributed by atoms with van der Waals surface area (Å²) in [5.41, 5.74) is 8.83. The number of nitrogens with one attached hydrogen (secondary N) is 1. The highest BCUT2D eigenvalue weighted by Gasteiger charge is 2.44. The molecule has 3 aromatic rings. The first-order chi connectivity index (χ1) is 15.8. The number of aromatic nitrogens is 3. The topological polar surface area (TPSA) is 156 Å². The van der Waals surface area contributed by atoms with Crippen molar-refractivity contribution in [3.8, 4) is 0 Å². The minimum absolute atomic E-state index is 0.310. The molecule has 2 aromatic heterocycles. The fourth-order valence-electron chi connectivity index (χ4n) is 3.75. The van der Waals surface area contributed by atoms with Gasteiger partial charge in [0, 0.05) is 17.6 Å². The quantitative estimate of drug-likeness (QED) is 0.290. The van der Waals surface area contributed by atoms with Gasteiger partial charge in [-0.1, -0.05) is 12.1 Å². The lowest BCUT2D eigenvalue weighted by Crippen LogP contribution is -2.33. The second-order valence-corrected chi connectivity index (χ2v) is 9.18. The molecule has 0 bridgehead atoms. The smallest absolute Gasteiger partial charge is 0.320 e. The van der Waals surface area contributed by atoms with Crippen molar-refractivity contribution < 1.29 is 24.9 Å². The van der Waals surface area contributed by atoms with Gasteiger partial charge in [0.1, 0.15) is 23.8 Å². The van der Waals surface area contributed by atoms with E-state index in [2.05, 4.69) is 15.3 Å². The maximum absolute atomic E-state index is 10.8.